The first-order valence-electron chi connectivity index (χ1n) is 6.77. The minimum Gasteiger partial charge on any atom is -0.389 e. The highest BCUT2D eigenvalue weighted by Crippen LogP contribution is 2.18. The molecule has 0 aromatic heterocycles. The SMILES string of the molecule is CCC(O)(CC)CNCC(O)c1ccc([N+](=O)[O-])cc1. The molecule has 0 bridgehead atoms. The molecule has 0 aliphatic carbocycles. The van der Waals surface area contributed by atoms with E-state index in [0.29, 0.717) is 31.5 Å². The van der Waals surface area contributed by atoms with E-state index in [9.17, 15) is 20.3 Å². The van der Waals surface area contributed by atoms with E-state index in [2.05, 4.69) is 5.32 Å². The van der Waals surface area contributed by atoms with E-state index in [1.807, 2.05) is 13.8 Å². The third-order valence-electron chi connectivity index (χ3n) is 3.60. The summed E-state index contributed by atoms with van der Waals surface area (Å²) in [5.41, 5.74) is -0.144. The molecule has 0 aliphatic rings. The van der Waals surface area contributed by atoms with Crippen LogP contribution in [0.1, 0.15) is 38.4 Å². The van der Waals surface area contributed by atoms with Gasteiger partial charge in [0, 0.05) is 25.2 Å². The summed E-state index contributed by atoms with van der Waals surface area (Å²) < 4.78 is 0. The zero-order chi connectivity index (χ0) is 15.2. The van der Waals surface area contributed by atoms with Crippen LogP contribution in [0.5, 0.6) is 0 Å². The molecule has 3 N–H and O–H groups in total. The van der Waals surface area contributed by atoms with Gasteiger partial charge >= 0.3 is 0 Å². The van der Waals surface area contributed by atoms with Crippen molar-refractivity contribution in [1.82, 2.24) is 5.32 Å². The zero-order valence-corrected chi connectivity index (χ0v) is 11.9. The predicted molar refractivity (Wildman–Crippen MR) is 76.5 cm³/mol. The number of nitrogens with zero attached hydrogens (tertiary/aromatic N) is 1. The molecule has 0 aliphatic heterocycles. The number of benzene rings is 1. The normalized spacial score (nSPS) is 13.2. The Balaban J connectivity index is 2.50. The van der Waals surface area contributed by atoms with Crippen LogP contribution in [-0.2, 0) is 0 Å². The van der Waals surface area contributed by atoms with E-state index in [-0.39, 0.29) is 5.69 Å². The first-order valence-corrected chi connectivity index (χ1v) is 6.77. The molecule has 0 heterocycles. The number of nitro groups is 1. The topological polar surface area (TPSA) is 95.6 Å². The fraction of sp³-hybridized carbons (Fsp3) is 0.571. The first kappa shape index (κ1) is 16.6. The van der Waals surface area contributed by atoms with Crippen molar-refractivity contribution in [3.05, 3.63) is 39.9 Å². The number of aliphatic hydroxyl groups excluding tert-OH is 1. The zero-order valence-electron chi connectivity index (χ0n) is 11.9. The van der Waals surface area contributed by atoms with Crippen LogP contribution in [0.2, 0.25) is 0 Å². The highest BCUT2D eigenvalue weighted by Gasteiger charge is 2.21. The summed E-state index contributed by atoms with van der Waals surface area (Å²) in [6, 6.07) is 5.81. The average Bonchev–Trinajstić information content (AvgIpc) is 2.47. The molecular weight excluding hydrogens is 260 g/mol. The Bertz CT molecular complexity index is 429. The Hall–Kier alpha value is -1.50. The van der Waals surface area contributed by atoms with E-state index in [0.717, 1.165) is 0 Å². The molecule has 20 heavy (non-hydrogen) atoms. The molecule has 112 valence electrons. The summed E-state index contributed by atoms with van der Waals surface area (Å²) in [4.78, 5) is 10.1. The van der Waals surface area contributed by atoms with Crippen LogP contribution >= 0.6 is 0 Å². The second-order valence-electron chi connectivity index (χ2n) is 4.93. The second-order valence-corrected chi connectivity index (χ2v) is 4.93. The van der Waals surface area contributed by atoms with Gasteiger partial charge in [-0.1, -0.05) is 13.8 Å². The molecular formula is C14H22N2O4. The second kappa shape index (κ2) is 7.33. The average molecular weight is 282 g/mol. The van der Waals surface area contributed by atoms with Crippen LogP contribution in [0.3, 0.4) is 0 Å². The summed E-state index contributed by atoms with van der Waals surface area (Å²) in [6.45, 7) is 4.53. The standard InChI is InChI=1S/C14H22N2O4/c1-3-14(18,4-2)10-15-9-13(17)11-5-7-12(8-6-11)16(19)20/h5-8,13,15,17-18H,3-4,9-10H2,1-2H3. The molecule has 0 spiro atoms. The molecule has 6 heteroatoms. The van der Waals surface area contributed by atoms with Gasteiger partial charge in [-0.15, -0.1) is 0 Å². The van der Waals surface area contributed by atoms with Crippen molar-refractivity contribution in [3.8, 4) is 0 Å². The van der Waals surface area contributed by atoms with Gasteiger partial charge in [0.2, 0.25) is 0 Å². The van der Waals surface area contributed by atoms with Crippen LogP contribution in [0.4, 0.5) is 5.69 Å². The van der Waals surface area contributed by atoms with E-state index in [4.69, 9.17) is 0 Å². The van der Waals surface area contributed by atoms with E-state index in [1.165, 1.54) is 24.3 Å². The monoisotopic (exact) mass is 282 g/mol. The van der Waals surface area contributed by atoms with E-state index in [1.54, 1.807) is 0 Å². The summed E-state index contributed by atoms with van der Waals surface area (Å²) in [5, 5.41) is 33.6. The molecule has 0 saturated heterocycles. The maximum absolute atomic E-state index is 10.5. The molecule has 1 aromatic rings. The lowest BCUT2D eigenvalue weighted by molar-refractivity contribution is -0.384. The molecule has 0 fully saturated rings. The van der Waals surface area contributed by atoms with Gasteiger partial charge in [0.25, 0.3) is 5.69 Å². The van der Waals surface area contributed by atoms with E-state index < -0.39 is 16.6 Å². The predicted octanol–water partition coefficient (Wildman–Crippen LogP) is 1.77. The largest absolute Gasteiger partial charge is 0.389 e. The van der Waals surface area contributed by atoms with Crippen LogP contribution < -0.4 is 5.32 Å². The lowest BCUT2D eigenvalue weighted by Gasteiger charge is -2.26. The Morgan fingerprint density at radius 1 is 1.30 bits per heavy atom. The Morgan fingerprint density at radius 2 is 1.85 bits per heavy atom. The van der Waals surface area contributed by atoms with Crippen molar-refractivity contribution < 1.29 is 15.1 Å². The summed E-state index contributed by atoms with van der Waals surface area (Å²) in [6.07, 6.45) is 0.530. The third-order valence-corrected chi connectivity index (χ3v) is 3.60. The van der Waals surface area contributed by atoms with Crippen molar-refractivity contribution in [2.24, 2.45) is 0 Å². The van der Waals surface area contributed by atoms with Gasteiger partial charge in [-0.2, -0.15) is 0 Å². The third kappa shape index (κ3) is 4.56. The van der Waals surface area contributed by atoms with Gasteiger partial charge < -0.3 is 15.5 Å². The summed E-state index contributed by atoms with van der Waals surface area (Å²) in [7, 11) is 0. The number of nitro benzene ring substituents is 1. The molecule has 1 unspecified atom stereocenters. The van der Waals surface area contributed by atoms with Crippen molar-refractivity contribution in [2.45, 2.75) is 38.4 Å². The number of hydrogen-bond acceptors (Lipinski definition) is 5. The summed E-state index contributed by atoms with van der Waals surface area (Å²) in [5.74, 6) is 0. The Morgan fingerprint density at radius 3 is 2.30 bits per heavy atom. The van der Waals surface area contributed by atoms with Gasteiger partial charge in [-0.25, -0.2) is 0 Å². The van der Waals surface area contributed by atoms with Crippen molar-refractivity contribution in [3.63, 3.8) is 0 Å². The molecule has 1 atom stereocenters. The minimum atomic E-state index is -0.756. The van der Waals surface area contributed by atoms with Gasteiger partial charge in [0.05, 0.1) is 16.6 Å². The molecule has 1 aromatic carbocycles. The fourth-order valence-corrected chi connectivity index (χ4v) is 1.88. The van der Waals surface area contributed by atoms with Crippen LogP contribution in [0.15, 0.2) is 24.3 Å². The number of nitrogens with one attached hydrogen (secondary N) is 1. The number of hydrogen-bond donors (Lipinski definition) is 3. The van der Waals surface area contributed by atoms with Crippen molar-refractivity contribution in [1.29, 1.82) is 0 Å². The molecule has 0 saturated carbocycles. The maximum Gasteiger partial charge on any atom is 0.269 e. The quantitative estimate of drug-likeness (QED) is 0.499. The van der Waals surface area contributed by atoms with Crippen molar-refractivity contribution in [2.75, 3.05) is 13.1 Å². The van der Waals surface area contributed by atoms with Gasteiger partial charge in [0.1, 0.15) is 0 Å². The van der Waals surface area contributed by atoms with Crippen LogP contribution in [0.25, 0.3) is 0 Å². The van der Waals surface area contributed by atoms with Gasteiger partial charge in [-0.3, -0.25) is 10.1 Å². The highest BCUT2D eigenvalue weighted by atomic mass is 16.6. The Kier molecular flexibility index (Phi) is 6.06. The summed E-state index contributed by atoms with van der Waals surface area (Å²) >= 11 is 0. The Labute approximate surface area is 118 Å². The highest BCUT2D eigenvalue weighted by molar-refractivity contribution is 5.33. The molecule has 0 radical (unpaired) electrons. The van der Waals surface area contributed by atoms with Crippen LogP contribution in [0, 0.1) is 10.1 Å². The van der Waals surface area contributed by atoms with Gasteiger partial charge in [0.15, 0.2) is 0 Å². The number of aliphatic hydroxyl groups is 2. The number of rotatable bonds is 8. The lowest BCUT2D eigenvalue weighted by Crippen LogP contribution is -2.40. The maximum atomic E-state index is 10.5. The van der Waals surface area contributed by atoms with Gasteiger partial charge in [-0.05, 0) is 30.5 Å². The van der Waals surface area contributed by atoms with E-state index >= 15 is 0 Å². The first-order chi connectivity index (χ1) is 9.41. The fourth-order valence-electron chi connectivity index (χ4n) is 1.88. The van der Waals surface area contributed by atoms with Crippen LogP contribution in [-0.4, -0.2) is 33.8 Å². The van der Waals surface area contributed by atoms with Crippen molar-refractivity contribution >= 4 is 5.69 Å². The lowest BCUT2D eigenvalue weighted by atomic mass is 9.97. The smallest absolute Gasteiger partial charge is 0.269 e. The number of non-ortho nitro benzene ring substituents is 1. The molecule has 6 nitrogen and oxygen atoms in total. The molecule has 0 amide bonds. The minimum absolute atomic E-state index is 0.000232. The molecule has 1 rings (SSSR count).